The van der Waals surface area contributed by atoms with Gasteiger partial charge in [-0.3, -0.25) is 0 Å². The van der Waals surface area contributed by atoms with E-state index in [4.69, 9.17) is 0 Å². The fourth-order valence-electron chi connectivity index (χ4n) is 1.50. The SMILES string of the molecule is CSCC(C)Nc1nccn1CC(C)C. The quantitative estimate of drug-likeness (QED) is 0.810. The highest BCUT2D eigenvalue weighted by Gasteiger charge is 2.07. The zero-order valence-electron chi connectivity index (χ0n) is 10.0. The van der Waals surface area contributed by atoms with Crippen LogP contribution in [-0.4, -0.2) is 27.6 Å². The Labute approximate surface area is 96.7 Å². The molecule has 0 radical (unpaired) electrons. The van der Waals surface area contributed by atoms with E-state index in [0.29, 0.717) is 12.0 Å². The van der Waals surface area contributed by atoms with Gasteiger partial charge in [-0.25, -0.2) is 4.98 Å². The first kappa shape index (κ1) is 12.4. The second-order valence-electron chi connectivity index (χ2n) is 4.30. The number of nitrogens with one attached hydrogen (secondary N) is 1. The van der Waals surface area contributed by atoms with Crippen LogP contribution in [0, 0.1) is 5.92 Å². The average Bonchev–Trinajstić information content (AvgIpc) is 2.52. The lowest BCUT2D eigenvalue weighted by molar-refractivity contribution is 0.525. The number of anilines is 1. The van der Waals surface area contributed by atoms with E-state index in [9.17, 15) is 0 Å². The summed E-state index contributed by atoms with van der Waals surface area (Å²) in [4.78, 5) is 4.33. The maximum atomic E-state index is 4.33. The van der Waals surface area contributed by atoms with Crippen molar-refractivity contribution in [1.29, 1.82) is 0 Å². The normalized spacial score (nSPS) is 13.1. The predicted octanol–water partition coefficient (Wildman–Crippen LogP) is 2.70. The molecule has 0 aliphatic rings. The number of nitrogens with zero attached hydrogens (tertiary/aromatic N) is 2. The van der Waals surface area contributed by atoms with Crippen LogP contribution in [0.5, 0.6) is 0 Å². The Bertz CT molecular complexity index is 283. The van der Waals surface area contributed by atoms with Crippen LogP contribution in [0.1, 0.15) is 20.8 Å². The van der Waals surface area contributed by atoms with Crippen LogP contribution in [0.2, 0.25) is 0 Å². The van der Waals surface area contributed by atoms with E-state index in [-0.39, 0.29) is 0 Å². The number of thioether (sulfide) groups is 1. The summed E-state index contributed by atoms with van der Waals surface area (Å²) in [6, 6.07) is 0.466. The van der Waals surface area contributed by atoms with E-state index >= 15 is 0 Å². The molecule has 86 valence electrons. The number of aromatic nitrogens is 2. The van der Waals surface area contributed by atoms with Crippen molar-refractivity contribution in [3.63, 3.8) is 0 Å². The molecule has 1 aromatic heterocycles. The van der Waals surface area contributed by atoms with Crippen LogP contribution in [-0.2, 0) is 6.54 Å². The van der Waals surface area contributed by atoms with Crippen molar-refractivity contribution in [2.45, 2.75) is 33.4 Å². The van der Waals surface area contributed by atoms with Gasteiger partial charge < -0.3 is 9.88 Å². The van der Waals surface area contributed by atoms with Crippen molar-refractivity contribution in [2.75, 3.05) is 17.3 Å². The molecule has 3 nitrogen and oxygen atoms in total. The Balaban J connectivity index is 2.56. The Morgan fingerprint density at radius 3 is 2.80 bits per heavy atom. The number of hydrogen-bond donors (Lipinski definition) is 1. The zero-order chi connectivity index (χ0) is 11.3. The topological polar surface area (TPSA) is 29.9 Å². The van der Waals surface area contributed by atoms with Gasteiger partial charge >= 0.3 is 0 Å². The Morgan fingerprint density at radius 1 is 1.47 bits per heavy atom. The third-order valence-electron chi connectivity index (χ3n) is 2.07. The highest BCUT2D eigenvalue weighted by Crippen LogP contribution is 2.10. The van der Waals surface area contributed by atoms with Crippen LogP contribution >= 0.6 is 11.8 Å². The minimum atomic E-state index is 0.466. The molecule has 1 aromatic rings. The Kier molecular flexibility index (Phi) is 5.02. The van der Waals surface area contributed by atoms with Crippen molar-refractivity contribution in [3.05, 3.63) is 12.4 Å². The molecule has 0 aliphatic carbocycles. The largest absolute Gasteiger partial charge is 0.352 e. The molecule has 0 bridgehead atoms. The summed E-state index contributed by atoms with van der Waals surface area (Å²) >= 11 is 1.85. The van der Waals surface area contributed by atoms with E-state index in [1.165, 1.54) is 0 Å². The summed E-state index contributed by atoms with van der Waals surface area (Å²) in [5.41, 5.74) is 0. The van der Waals surface area contributed by atoms with Gasteiger partial charge in [-0.2, -0.15) is 11.8 Å². The van der Waals surface area contributed by atoms with Gasteiger partial charge in [-0.1, -0.05) is 13.8 Å². The zero-order valence-corrected chi connectivity index (χ0v) is 10.8. The van der Waals surface area contributed by atoms with E-state index in [2.05, 4.69) is 41.9 Å². The molecule has 1 unspecified atom stereocenters. The standard InChI is InChI=1S/C11H21N3S/c1-9(2)7-14-6-5-12-11(14)13-10(3)8-15-4/h5-6,9-10H,7-8H2,1-4H3,(H,12,13). The molecule has 15 heavy (non-hydrogen) atoms. The van der Waals surface area contributed by atoms with E-state index in [1.807, 2.05) is 24.2 Å². The molecule has 1 heterocycles. The molecular weight excluding hydrogens is 206 g/mol. The van der Waals surface area contributed by atoms with Crippen LogP contribution < -0.4 is 5.32 Å². The van der Waals surface area contributed by atoms with Crippen molar-refractivity contribution in [1.82, 2.24) is 9.55 Å². The fourth-order valence-corrected chi connectivity index (χ4v) is 2.09. The van der Waals surface area contributed by atoms with Gasteiger partial charge in [0.15, 0.2) is 0 Å². The first-order valence-electron chi connectivity index (χ1n) is 5.40. The summed E-state index contributed by atoms with van der Waals surface area (Å²) in [5.74, 6) is 2.75. The van der Waals surface area contributed by atoms with Crippen molar-refractivity contribution in [2.24, 2.45) is 5.92 Å². The summed E-state index contributed by atoms with van der Waals surface area (Å²) in [6.07, 6.45) is 6.02. The Hall–Kier alpha value is -0.640. The molecular formula is C11H21N3S. The summed E-state index contributed by atoms with van der Waals surface area (Å²) < 4.78 is 2.18. The maximum Gasteiger partial charge on any atom is 0.203 e. The summed E-state index contributed by atoms with van der Waals surface area (Å²) in [5, 5.41) is 3.43. The molecule has 0 aromatic carbocycles. The van der Waals surface area contributed by atoms with Crippen molar-refractivity contribution in [3.8, 4) is 0 Å². The minimum Gasteiger partial charge on any atom is -0.352 e. The highest BCUT2D eigenvalue weighted by atomic mass is 32.2. The van der Waals surface area contributed by atoms with Crippen LogP contribution in [0.4, 0.5) is 5.95 Å². The first-order valence-corrected chi connectivity index (χ1v) is 6.79. The molecule has 0 aliphatic heterocycles. The lowest BCUT2D eigenvalue weighted by Gasteiger charge is -2.16. The first-order chi connectivity index (χ1) is 7.13. The van der Waals surface area contributed by atoms with E-state index in [1.54, 1.807) is 0 Å². The van der Waals surface area contributed by atoms with Gasteiger partial charge in [0.25, 0.3) is 0 Å². The molecule has 0 fully saturated rings. The molecule has 4 heteroatoms. The molecule has 1 atom stereocenters. The third-order valence-corrected chi connectivity index (χ3v) is 2.90. The van der Waals surface area contributed by atoms with Crippen LogP contribution in [0.15, 0.2) is 12.4 Å². The van der Waals surface area contributed by atoms with E-state index < -0.39 is 0 Å². The number of imidazole rings is 1. The van der Waals surface area contributed by atoms with Crippen LogP contribution in [0.3, 0.4) is 0 Å². The van der Waals surface area contributed by atoms with Crippen molar-refractivity contribution < 1.29 is 0 Å². The van der Waals surface area contributed by atoms with Gasteiger partial charge in [0.1, 0.15) is 0 Å². The predicted molar refractivity (Wildman–Crippen MR) is 68.5 cm³/mol. The monoisotopic (exact) mass is 227 g/mol. The van der Waals surface area contributed by atoms with Crippen molar-refractivity contribution >= 4 is 17.7 Å². The smallest absolute Gasteiger partial charge is 0.203 e. The molecule has 0 spiro atoms. The molecule has 0 amide bonds. The van der Waals surface area contributed by atoms with Gasteiger partial charge in [0.2, 0.25) is 5.95 Å². The highest BCUT2D eigenvalue weighted by molar-refractivity contribution is 7.98. The maximum absolute atomic E-state index is 4.33. The summed E-state index contributed by atoms with van der Waals surface area (Å²) in [6.45, 7) is 7.64. The Morgan fingerprint density at radius 2 is 2.20 bits per heavy atom. The van der Waals surface area contributed by atoms with Gasteiger partial charge in [0.05, 0.1) is 0 Å². The second kappa shape index (κ2) is 6.05. The van der Waals surface area contributed by atoms with E-state index in [0.717, 1.165) is 18.2 Å². The number of hydrogen-bond acceptors (Lipinski definition) is 3. The van der Waals surface area contributed by atoms with Gasteiger partial charge in [-0.15, -0.1) is 0 Å². The lowest BCUT2D eigenvalue weighted by Crippen LogP contribution is -2.21. The fraction of sp³-hybridized carbons (Fsp3) is 0.727. The third kappa shape index (κ3) is 4.16. The summed E-state index contributed by atoms with van der Waals surface area (Å²) in [7, 11) is 0. The van der Waals surface area contributed by atoms with Gasteiger partial charge in [0, 0.05) is 30.7 Å². The molecule has 0 saturated heterocycles. The minimum absolute atomic E-state index is 0.466. The molecule has 1 N–H and O–H groups in total. The molecule has 0 saturated carbocycles. The number of rotatable bonds is 6. The average molecular weight is 227 g/mol. The lowest BCUT2D eigenvalue weighted by atomic mass is 10.2. The van der Waals surface area contributed by atoms with Gasteiger partial charge in [-0.05, 0) is 19.1 Å². The van der Waals surface area contributed by atoms with Crippen LogP contribution in [0.25, 0.3) is 0 Å². The molecule has 1 rings (SSSR count). The second-order valence-corrected chi connectivity index (χ2v) is 5.21.